The molecule has 1 saturated carbocycles. The zero-order chi connectivity index (χ0) is 22.4. The van der Waals surface area contributed by atoms with Gasteiger partial charge in [0.15, 0.2) is 5.65 Å². The third kappa shape index (κ3) is 4.24. The first-order valence-electron chi connectivity index (χ1n) is 12.2. The number of aromatic nitrogens is 3. The van der Waals surface area contributed by atoms with Crippen molar-refractivity contribution in [3.63, 3.8) is 0 Å². The normalized spacial score (nSPS) is 25.7. The number of likely N-dealkylation sites (N-methyl/N-ethyl adjacent to an activating group) is 1. The number of anilines is 2. The molecule has 10 nitrogen and oxygen atoms in total. The lowest BCUT2D eigenvalue weighted by Gasteiger charge is -2.33. The first-order chi connectivity index (χ1) is 16.1. The Morgan fingerprint density at radius 1 is 1.18 bits per heavy atom. The summed E-state index contributed by atoms with van der Waals surface area (Å²) in [6, 6.07) is 4.22. The van der Waals surface area contributed by atoms with Crippen LogP contribution in [0.1, 0.15) is 19.3 Å². The molecule has 3 aliphatic heterocycles. The summed E-state index contributed by atoms with van der Waals surface area (Å²) in [5.74, 6) is 2.37. The Morgan fingerprint density at radius 3 is 2.76 bits per heavy atom. The second-order valence-corrected chi connectivity index (χ2v) is 9.97. The van der Waals surface area contributed by atoms with Crippen LogP contribution in [0.5, 0.6) is 0 Å². The van der Waals surface area contributed by atoms with Crippen LogP contribution in [-0.4, -0.2) is 94.7 Å². The van der Waals surface area contributed by atoms with Crippen LogP contribution < -0.4 is 15.6 Å². The number of nitrogens with zero attached hydrogens (tertiary/aromatic N) is 7. The minimum absolute atomic E-state index is 0.152. The molecule has 4 aliphatic rings. The molecule has 2 saturated heterocycles. The maximum absolute atomic E-state index is 12.6. The molecule has 33 heavy (non-hydrogen) atoms. The number of hydrogen-bond acceptors (Lipinski definition) is 8. The third-order valence-electron chi connectivity index (χ3n) is 7.51. The van der Waals surface area contributed by atoms with Crippen LogP contribution in [0.25, 0.3) is 5.65 Å². The van der Waals surface area contributed by atoms with Crippen LogP contribution in [0.15, 0.2) is 30.2 Å². The average molecular weight is 452 g/mol. The zero-order valence-corrected chi connectivity index (χ0v) is 19.3. The van der Waals surface area contributed by atoms with Crippen LogP contribution in [0.4, 0.5) is 11.6 Å². The minimum Gasteiger partial charge on any atom is -0.368 e. The lowest BCUT2D eigenvalue weighted by Crippen LogP contribution is -2.50. The van der Waals surface area contributed by atoms with Gasteiger partial charge >= 0.3 is 0 Å². The van der Waals surface area contributed by atoms with Crippen molar-refractivity contribution in [2.75, 3.05) is 69.6 Å². The molecule has 3 fully saturated rings. The zero-order valence-electron chi connectivity index (χ0n) is 19.3. The molecule has 2 bridgehead atoms. The lowest BCUT2D eigenvalue weighted by molar-refractivity contribution is -0.133. The molecule has 2 N–H and O–H groups in total. The van der Waals surface area contributed by atoms with Gasteiger partial charge in [-0.2, -0.15) is 4.98 Å². The fourth-order valence-corrected chi connectivity index (χ4v) is 5.69. The van der Waals surface area contributed by atoms with Crippen molar-refractivity contribution in [2.45, 2.75) is 19.3 Å². The Hall–Kier alpha value is -2.85. The van der Waals surface area contributed by atoms with Gasteiger partial charge in [-0.25, -0.2) is 9.94 Å². The third-order valence-corrected chi connectivity index (χ3v) is 7.51. The van der Waals surface area contributed by atoms with E-state index in [4.69, 9.17) is 4.98 Å². The molecule has 2 atom stereocenters. The monoisotopic (exact) mass is 451 g/mol. The van der Waals surface area contributed by atoms with E-state index in [0.29, 0.717) is 19.0 Å². The van der Waals surface area contributed by atoms with Crippen LogP contribution in [0.2, 0.25) is 0 Å². The maximum Gasteiger partial charge on any atom is 0.247 e. The number of hydrazine groups is 1. The summed E-state index contributed by atoms with van der Waals surface area (Å²) >= 11 is 0. The minimum atomic E-state index is 0.152. The summed E-state index contributed by atoms with van der Waals surface area (Å²) in [6.45, 7) is 6.65. The molecular weight excluding hydrogens is 418 g/mol. The fourth-order valence-electron chi connectivity index (χ4n) is 5.69. The predicted molar refractivity (Wildman–Crippen MR) is 127 cm³/mol. The number of amides is 1. The van der Waals surface area contributed by atoms with E-state index in [9.17, 15) is 4.79 Å². The second-order valence-electron chi connectivity index (χ2n) is 9.97. The van der Waals surface area contributed by atoms with Gasteiger partial charge in [0.25, 0.3) is 0 Å². The van der Waals surface area contributed by atoms with Gasteiger partial charge in [-0.15, -0.1) is 5.10 Å². The van der Waals surface area contributed by atoms with Crippen molar-refractivity contribution in [1.29, 1.82) is 0 Å². The van der Waals surface area contributed by atoms with Gasteiger partial charge in [-0.3, -0.25) is 4.79 Å². The van der Waals surface area contributed by atoms with Crippen LogP contribution in [-0.2, 0) is 4.79 Å². The standard InChI is InChI=1S/C23H33N9O/c1-28-7-9-29(10-8-28)21(33)16-31-15-19(12-24-31)25-23-26-22-20(3-2-6-32(22)27-23)30-13-17-4-5-18(11-17)14-30/h2-3,6,15,17-18,24H,4-5,7-14,16H2,1H3,(H,25,27)/t17-,18+. The summed E-state index contributed by atoms with van der Waals surface area (Å²) in [6.07, 6.45) is 8.01. The highest BCUT2D eigenvalue weighted by atomic mass is 16.2. The predicted octanol–water partition coefficient (Wildman–Crippen LogP) is 0.813. The van der Waals surface area contributed by atoms with E-state index in [-0.39, 0.29) is 5.91 Å². The summed E-state index contributed by atoms with van der Waals surface area (Å²) in [4.78, 5) is 24.1. The van der Waals surface area contributed by atoms with Crippen molar-refractivity contribution in [1.82, 2.24) is 34.8 Å². The van der Waals surface area contributed by atoms with Crippen LogP contribution in [0, 0.1) is 11.8 Å². The van der Waals surface area contributed by atoms with Crippen molar-refractivity contribution in [3.8, 4) is 0 Å². The second kappa shape index (κ2) is 8.49. The Balaban J connectivity index is 1.12. The number of piperidine rings is 1. The van der Waals surface area contributed by atoms with E-state index in [0.717, 1.165) is 62.4 Å². The van der Waals surface area contributed by atoms with Gasteiger partial charge < -0.3 is 25.0 Å². The SMILES string of the molecule is CN1CCN(C(=O)CN2C=C(Nc3nc4c(N5C[C@@H]6CC[C@@H](C6)C5)cccn4n3)CN2)CC1. The molecule has 6 rings (SSSR count). The van der Waals surface area contributed by atoms with E-state index in [2.05, 4.69) is 44.8 Å². The topological polar surface area (TPSA) is 84.3 Å². The number of rotatable bonds is 5. The van der Waals surface area contributed by atoms with E-state index < -0.39 is 0 Å². The Bertz CT molecular complexity index is 1050. The summed E-state index contributed by atoms with van der Waals surface area (Å²) in [7, 11) is 2.09. The molecule has 1 amide bonds. The van der Waals surface area contributed by atoms with Gasteiger partial charge in [-0.1, -0.05) is 0 Å². The molecule has 0 unspecified atom stereocenters. The van der Waals surface area contributed by atoms with Crippen LogP contribution >= 0.6 is 0 Å². The van der Waals surface area contributed by atoms with Crippen molar-refractivity contribution in [3.05, 3.63) is 30.2 Å². The van der Waals surface area contributed by atoms with Gasteiger partial charge in [-0.05, 0) is 50.3 Å². The maximum atomic E-state index is 12.6. The number of pyridine rings is 1. The first-order valence-corrected chi connectivity index (χ1v) is 12.2. The molecule has 5 heterocycles. The fraction of sp³-hybridized carbons (Fsp3) is 0.609. The van der Waals surface area contributed by atoms with E-state index in [1.807, 2.05) is 26.8 Å². The molecular formula is C23H33N9O. The van der Waals surface area contributed by atoms with Crippen molar-refractivity contribution in [2.24, 2.45) is 11.8 Å². The number of carbonyl (C=O) groups excluding carboxylic acids is 1. The Kier molecular flexibility index (Phi) is 5.34. The molecule has 10 heteroatoms. The number of piperazine rings is 1. The number of carbonyl (C=O) groups is 1. The van der Waals surface area contributed by atoms with Gasteiger partial charge in [0.05, 0.1) is 17.9 Å². The largest absolute Gasteiger partial charge is 0.368 e. The highest BCUT2D eigenvalue weighted by Crippen LogP contribution is 2.38. The molecule has 2 aromatic rings. The van der Waals surface area contributed by atoms with Crippen LogP contribution in [0.3, 0.4) is 0 Å². The summed E-state index contributed by atoms with van der Waals surface area (Å²) in [5.41, 5.74) is 6.29. The average Bonchev–Trinajstić information content (AvgIpc) is 3.52. The Labute approximate surface area is 194 Å². The Morgan fingerprint density at radius 2 is 1.97 bits per heavy atom. The number of hydrogen-bond donors (Lipinski definition) is 2. The number of nitrogens with one attached hydrogen (secondary N) is 2. The lowest BCUT2D eigenvalue weighted by atomic mass is 9.98. The van der Waals surface area contributed by atoms with E-state index in [1.165, 1.54) is 24.9 Å². The van der Waals surface area contributed by atoms with Gasteiger partial charge in [0.2, 0.25) is 11.9 Å². The van der Waals surface area contributed by atoms with E-state index >= 15 is 0 Å². The molecule has 0 aromatic carbocycles. The molecule has 0 radical (unpaired) electrons. The smallest absolute Gasteiger partial charge is 0.247 e. The highest BCUT2D eigenvalue weighted by Gasteiger charge is 2.33. The van der Waals surface area contributed by atoms with Gasteiger partial charge in [0.1, 0.15) is 6.54 Å². The van der Waals surface area contributed by atoms with E-state index in [1.54, 1.807) is 0 Å². The molecule has 2 aromatic heterocycles. The summed E-state index contributed by atoms with van der Waals surface area (Å²) in [5, 5.41) is 9.85. The molecule has 0 spiro atoms. The molecule has 176 valence electrons. The molecule has 1 aliphatic carbocycles. The number of fused-ring (bicyclic) bond motifs is 3. The van der Waals surface area contributed by atoms with Crippen molar-refractivity contribution < 1.29 is 4.79 Å². The van der Waals surface area contributed by atoms with Crippen molar-refractivity contribution >= 4 is 23.2 Å². The summed E-state index contributed by atoms with van der Waals surface area (Å²) < 4.78 is 1.87. The van der Waals surface area contributed by atoms with Gasteiger partial charge in [0, 0.05) is 51.7 Å². The first kappa shape index (κ1) is 20.7. The highest BCUT2D eigenvalue weighted by molar-refractivity contribution is 5.78. The quantitative estimate of drug-likeness (QED) is 0.691.